The Hall–Kier alpha value is -2.09. The highest BCUT2D eigenvalue weighted by Crippen LogP contribution is 2.30. The summed E-state index contributed by atoms with van der Waals surface area (Å²) >= 11 is 1.57. The third kappa shape index (κ3) is 3.30. The van der Waals surface area contributed by atoms with E-state index >= 15 is 0 Å². The number of aromatic nitrogens is 1. The number of sulfonamides is 1. The maximum atomic E-state index is 13.4. The number of rotatable bonds is 6. The van der Waals surface area contributed by atoms with Crippen molar-refractivity contribution in [2.45, 2.75) is 24.4 Å². The Morgan fingerprint density at radius 3 is 2.81 bits per heavy atom. The molecule has 5 nitrogen and oxygen atoms in total. The van der Waals surface area contributed by atoms with Crippen LogP contribution in [-0.4, -0.2) is 23.9 Å². The average molecular weight is 389 g/mol. The Morgan fingerprint density at radius 1 is 1.19 bits per heavy atom. The van der Waals surface area contributed by atoms with E-state index in [1.54, 1.807) is 33.8 Å². The van der Waals surface area contributed by atoms with E-state index in [1.807, 2.05) is 47.5 Å². The largest absolute Gasteiger partial charge is 0.493 e. The Morgan fingerprint density at radius 2 is 2.08 bits per heavy atom. The molecule has 26 heavy (non-hydrogen) atoms. The van der Waals surface area contributed by atoms with Crippen LogP contribution >= 0.6 is 11.3 Å². The third-order valence-electron chi connectivity index (χ3n) is 4.60. The minimum Gasteiger partial charge on any atom is -0.493 e. The van der Waals surface area contributed by atoms with Crippen LogP contribution in [0.5, 0.6) is 5.75 Å². The molecule has 1 aromatic carbocycles. The second kappa shape index (κ2) is 6.90. The number of hydrogen-bond acceptors (Lipinski definition) is 4. The first-order valence-corrected chi connectivity index (χ1v) is 10.7. The highest BCUT2D eigenvalue weighted by Gasteiger charge is 2.27. The summed E-state index contributed by atoms with van der Waals surface area (Å²) in [6, 6.07) is 13.0. The van der Waals surface area contributed by atoms with Crippen molar-refractivity contribution >= 4 is 21.4 Å². The molecule has 0 radical (unpaired) electrons. The summed E-state index contributed by atoms with van der Waals surface area (Å²) in [6.07, 6.45) is 2.68. The summed E-state index contributed by atoms with van der Waals surface area (Å²) < 4.78 is 35.8. The molecule has 0 unspecified atom stereocenters. The monoisotopic (exact) mass is 388 g/mol. The molecule has 0 bridgehead atoms. The van der Waals surface area contributed by atoms with Gasteiger partial charge in [0.25, 0.3) is 0 Å². The predicted octanol–water partition coefficient (Wildman–Crippen LogP) is 3.41. The van der Waals surface area contributed by atoms with Crippen LogP contribution in [0.15, 0.2) is 58.9 Å². The van der Waals surface area contributed by atoms with Crippen LogP contribution in [0.3, 0.4) is 0 Å². The smallest absolute Gasteiger partial charge is 0.243 e. The van der Waals surface area contributed by atoms with E-state index in [1.165, 1.54) is 0 Å². The Labute approximate surface area is 157 Å². The van der Waals surface area contributed by atoms with Crippen molar-refractivity contribution in [3.05, 3.63) is 70.2 Å². The van der Waals surface area contributed by atoms with Crippen molar-refractivity contribution in [3.8, 4) is 5.75 Å². The average Bonchev–Trinajstić information content (AvgIpc) is 3.36. The molecule has 3 aromatic rings. The van der Waals surface area contributed by atoms with Crippen molar-refractivity contribution < 1.29 is 13.2 Å². The van der Waals surface area contributed by atoms with Gasteiger partial charge in [0.1, 0.15) is 5.75 Å². The second-order valence-corrected chi connectivity index (χ2v) is 9.30. The van der Waals surface area contributed by atoms with Gasteiger partial charge in [-0.15, -0.1) is 11.3 Å². The van der Waals surface area contributed by atoms with Crippen LogP contribution in [0, 0.1) is 0 Å². The van der Waals surface area contributed by atoms with Gasteiger partial charge in [-0.2, -0.15) is 4.31 Å². The first-order valence-electron chi connectivity index (χ1n) is 8.42. The molecule has 3 heterocycles. The third-order valence-corrected chi connectivity index (χ3v) is 7.25. The molecule has 0 saturated carbocycles. The van der Waals surface area contributed by atoms with Crippen molar-refractivity contribution in [1.29, 1.82) is 0 Å². The molecule has 0 atom stereocenters. The zero-order valence-electron chi connectivity index (χ0n) is 14.5. The molecule has 0 spiro atoms. The maximum Gasteiger partial charge on any atom is 0.243 e. The summed E-state index contributed by atoms with van der Waals surface area (Å²) in [7, 11) is -1.69. The van der Waals surface area contributed by atoms with Gasteiger partial charge in [0.2, 0.25) is 10.0 Å². The van der Waals surface area contributed by atoms with Crippen LogP contribution in [0.25, 0.3) is 0 Å². The number of fused-ring (bicyclic) bond motifs is 1. The summed E-state index contributed by atoms with van der Waals surface area (Å²) in [5, 5.41) is 1.97. The molecule has 0 saturated heterocycles. The van der Waals surface area contributed by atoms with E-state index in [4.69, 9.17) is 4.74 Å². The van der Waals surface area contributed by atoms with Crippen LogP contribution in [0.4, 0.5) is 0 Å². The van der Waals surface area contributed by atoms with E-state index in [9.17, 15) is 8.42 Å². The summed E-state index contributed by atoms with van der Waals surface area (Å²) in [6.45, 7) is 1.30. The lowest BCUT2D eigenvalue weighted by Gasteiger charge is -2.22. The number of benzene rings is 1. The van der Waals surface area contributed by atoms with Gasteiger partial charge in [-0.1, -0.05) is 6.07 Å². The molecule has 7 heteroatoms. The number of nitrogens with zero attached hydrogens (tertiary/aromatic N) is 2. The van der Waals surface area contributed by atoms with Crippen LogP contribution < -0.4 is 4.74 Å². The van der Waals surface area contributed by atoms with E-state index in [0.717, 1.165) is 28.3 Å². The van der Waals surface area contributed by atoms with E-state index in [2.05, 4.69) is 0 Å². The zero-order valence-corrected chi connectivity index (χ0v) is 16.1. The number of thiophene rings is 1. The quantitative estimate of drug-likeness (QED) is 0.650. The number of aryl methyl sites for hydroxylation is 1. The van der Waals surface area contributed by atoms with E-state index in [0.29, 0.717) is 24.6 Å². The van der Waals surface area contributed by atoms with Crippen molar-refractivity contribution in [3.63, 3.8) is 0 Å². The molecule has 1 aliphatic heterocycles. The topological polar surface area (TPSA) is 51.5 Å². The first kappa shape index (κ1) is 17.3. The minimum absolute atomic E-state index is 0.326. The fourth-order valence-electron chi connectivity index (χ4n) is 3.12. The highest BCUT2D eigenvalue weighted by atomic mass is 32.2. The van der Waals surface area contributed by atoms with Gasteiger partial charge in [0, 0.05) is 36.8 Å². The molecular formula is C19H20N2O3S2. The molecule has 4 rings (SSSR count). The van der Waals surface area contributed by atoms with E-state index in [-0.39, 0.29) is 0 Å². The van der Waals surface area contributed by atoms with Gasteiger partial charge in [-0.05, 0) is 47.3 Å². The van der Waals surface area contributed by atoms with Crippen molar-refractivity contribution in [2.75, 3.05) is 6.61 Å². The molecule has 0 amide bonds. The second-order valence-electron chi connectivity index (χ2n) is 6.33. The van der Waals surface area contributed by atoms with Crippen molar-refractivity contribution in [2.24, 2.45) is 7.05 Å². The Kier molecular flexibility index (Phi) is 4.60. The van der Waals surface area contributed by atoms with Gasteiger partial charge in [0.05, 0.1) is 18.0 Å². The van der Waals surface area contributed by atoms with Gasteiger partial charge in [0.15, 0.2) is 0 Å². The standard InChI is InChI=1S/C19H20N2O3S2/c1-20-9-2-4-16(20)13-21(14-17-5-3-11-25-17)26(22,23)18-6-7-19-15(12-18)8-10-24-19/h2-7,9,11-12H,8,10,13-14H2,1H3. The molecule has 2 aromatic heterocycles. The Bertz CT molecular complexity index is 1010. The van der Waals surface area contributed by atoms with E-state index < -0.39 is 10.0 Å². The van der Waals surface area contributed by atoms with Gasteiger partial charge in [-0.3, -0.25) is 0 Å². The highest BCUT2D eigenvalue weighted by molar-refractivity contribution is 7.89. The molecule has 136 valence electrons. The molecule has 0 fully saturated rings. The lowest BCUT2D eigenvalue weighted by Crippen LogP contribution is -2.30. The minimum atomic E-state index is -3.62. The van der Waals surface area contributed by atoms with Gasteiger partial charge in [-0.25, -0.2) is 8.42 Å². The lowest BCUT2D eigenvalue weighted by molar-refractivity contribution is 0.356. The number of hydrogen-bond donors (Lipinski definition) is 0. The summed E-state index contributed by atoms with van der Waals surface area (Å²) in [5.74, 6) is 0.788. The van der Waals surface area contributed by atoms with Crippen LogP contribution in [0.2, 0.25) is 0 Å². The molecule has 0 N–H and O–H groups in total. The Balaban J connectivity index is 1.70. The van der Waals surface area contributed by atoms with Gasteiger partial charge < -0.3 is 9.30 Å². The SMILES string of the molecule is Cn1cccc1CN(Cc1cccs1)S(=O)(=O)c1ccc2c(c1)CCO2. The molecule has 1 aliphatic rings. The predicted molar refractivity (Wildman–Crippen MR) is 102 cm³/mol. The number of ether oxygens (including phenoxy) is 1. The van der Waals surface area contributed by atoms with Gasteiger partial charge >= 0.3 is 0 Å². The summed E-state index contributed by atoms with van der Waals surface area (Å²) in [5.41, 5.74) is 1.91. The van der Waals surface area contributed by atoms with Crippen LogP contribution in [0.1, 0.15) is 16.1 Å². The molecular weight excluding hydrogens is 368 g/mol. The maximum absolute atomic E-state index is 13.4. The van der Waals surface area contributed by atoms with Crippen LogP contribution in [-0.2, 0) is 36.6 Å². The normalized spacial score (nSPS) is 13.8. The fourth-order valence-corrected chi connectivity index (χ4v) is 5.36. The van der Waals surface area contributed by atoms with Crippen molar-refractivity contribution in [1.82, 2.24) is 8.87 Å². The molecule has 0 aliphatic carbocycles. The fraction of sp³-hybridized carbons (Fsp3) is 0.263. The first-order chi connectivity index (χ1) is 12.5. The summed E-state index contributed by atoms with van der Waals surface area (Å²) in [4.78, 5) is 1.35. The lowest BCUT2D eigenvalue weighted by atomic mass is 10.2. The zero-order chi connectivity index (χ0) is 18.1.